The number of rotatable bonds is 6. The lowest BCUT2D eigenvalue weighted by Gasteiger charge is -2.12. The van der Waals surface area contributed by atoms with Gasteiger partial charge in [0.05, 0.1) is 18.2 Å². The molecule has 6 nitrogen and oxygen atoms in total. The molecular formula is C23H23N3O3S. The fraction of sp³-hybridized carbons (Fsp3) is 0.261. The van der Waals surface area contributed by atoms with E-state index in [0.29, 0.717) is 39.3 Å². The van der Waals surface area contributed by atoms with Gasteiger partial charge in [0, 0.05) is 5.56 Å². The lowest BCUT2D eigenvalue weighted by molar-refractivity contribution is 0.257. The monoisotopic (exact) mass is 421 g/mol. The molecule has 2 heterocycles. The van der Waals surface area contributed by atoms with Gasteiger partial charge in [-0.2, -0.15) is 9.50 Å². The zero-order valence-electron chi connectivity index (χ0n) is 17.4. The lowest BCUT2D eigenvalue weighted by atomic mass is 10.1. The first-order valence-corrected chi connectivity index (χ1v) is 10.6. The number of aromatic nitrogens is 3. The van der Waals surface area contributed by atoms with Gasteiger partial charge in [-0.25, -0.2) is 0 Å². The Bertz CT molecular complexity index is 1310. The van der Waals surface area contributed by atoms with E-state index in [9.17, 15) is 4.79 Å². The van der Waals surface area contributed by atoms with E-state index in [4.69, 9.17) is 9.47 Å². The van der Waals surface area contributed by atoms with Gasteiger partial charge < -0.3 is 9.47 Å². The van der Waals surface area contributed by atoms with E-state index in [1.54, 1.807) is 7.11 Å². The van der Waals surface area contributed by atoms with E-state index in [2.05, 4.69) is 23.9 Å². The summed E-state index contributed by atoms with van der Waals surface area (Å²) >= 11 is 1.32. The van der Waals surface area contributed by atoms with E-state index in [-0.39, 0.29) is 5.56 Å². The zero-order chi connectivity index (χ0) is 21.3. The van der Waals surface area contributed by atoms with Crippen LogP contribution in [0.25, 0.3) is 22.4 Å². The van der Waals surface area contributed by atoms with E-state index in [0.717, 1.165) is 16.7 Å². The van der Waals surface area contributed by atoms with Crippen LogP contribution in [0.2, 0.25) is 0 Å². The molecule has 2 aromatic carbocycles. The molecule has 30 heavy (non-hydrogen) atoms. The van der Waals surface area contributed by atoms with Crippen molar-refractivity contribution in [2.45, 2.75) is 20.8 Å². The third-order valence-electron chi connectivity index (χ3n) is 4.52. The summed E-state index contributed by atoms with van der Waals surface area (Å²) in [5.74, 6) is 2.31. The maximum absolute atomic E-state index is 12.8. The molecule has 0 unspecified atom stereocenters. The van der Waals surface area contributed by atoms with Gasteiger partial charge >= 0.3 is 0 Å². The number of thiazole rings is 1. The summed E-state index contributed by atoms with van der Waals surface area (Å²) in [7, 11) is 1.61. The molecule has 154 valence electrons. The van der Waals surface area contributed by atoms with Crippen molar-refractivity contribution in [1.29, 1.82) is 0 Å². The molecule has 0 atom stereocenters. The predicted octanol–water partition coefficient (Wildman–Crippen LogP) is 3.72. The Hall–Kier alpha value is -3.19. The predicted molar refractivity (Wildman–Crippen MR) is 119 cm³/mol. The van der Waals surface area contributed by atoms with Gasteiger partial charge in [0.2, 0.25) is 4.96 Å². The molecule has 0 aliphatic rings. The summed E-state index contributed by atoms with van der Waals surface area (Å²) in [6.07, 6.45) is 1.82. The third-order valence-corrected chi connectivity index (χ3v) is 5.47. The molecule has 0 N–H and O–H groups in total. The number of nitrogens with zero attached hydrogens (tertiary/aromatic N) is 3. The Morgan fingerprint density at radius 3 is 2.70 bits per heavy atom. The van der Waals surface area contributed by atoms with Crippen molar-refractivity contribution in [3.8, 4) is 22.9 Å². The largest absolute Gasteiger partial charge is 0.493 e. The highest BCUT2D eigenvalue weighted by Crippen LogP contribution is 2.28. The molecule has 0 fully saturated rings. The number of aryl methyl sites for hydroxylation is 1. The molecule has 0 bridgehead atoms. The van der Waals surface area contributed by atoms with E-state index in [1.807, 2.05) is 55.5 Å². The molecule has 2 aromatic heterocycles. The van der Waals surface area contributed by atoms with Gasteiger partial charge in [0.1, 0.15) is 0 Å². The number of hydrogen-bond acceptors (Lipinski definition) is 6. The topological polar surface area (TPSA) is 65.7 Å². The van der Waals surface area contributed by atoms with Crippen molar-refractivity contribution in [2.75, 3.05) is 13.7 Å². The molecule has 0 amide bonds. The minimum absolute atomic E-state index is 0.180. The first kappa shape index (κ1) is 20.1. The highest BCUT2D eigenvalue weighted by molar-refractivity contribution is 7.15. The maximum Gasteiger partial charge on any atom is 0.291 e. The number of methoxy groups -OCH3 is 1. The minimum Gasteiger partial charge on any atom is -0.493 e. The second kappa shape index (κ2) is 8.28. The smallest absolute Gasteiger partial charge is 0.291 e. The Balaban J connectivity index is 1.68. The molecule has 4 aromatic rings. The lowest BCUT2D eigenvalue weighted by Crippen LogP contribution is -2.23. The van der Waals surface area contributed by atoms with Crippen molar-refractivity contribution < 1.29 is 9.47 Å². The van der Waals surface area contributed by atoms with Crippen LogP contribution in [-0.4, -0.2) is 28.3 Å². The average molecular weight is 422 g/mol. The summed E-state index contributed by atoms with van der Waals surface area (Å²) in [5.41, 5.74) is 2.69. The number of ether oxygens (including phenoxy) is 2. The average Bonchev–Trinajstić information content (AvgIpc) is 3.26. The van der Waals surface area contributed by atoms with Gasteiger partial charge in [0.15, 0.2) is 17.3 Å². The second-order valence-corrected chi connectivity index (χ2v) is 8.54. The molecule has 0 aliphatic carbocycles. The van der Waals surface area contributed by atoms with E-state index < -0.39 is 0 Å². The standard InChI is InChI=1S/C23H23N3O3S/c1-14(2)13-29-18-9-8-16(11-19(18)28-4)12-20-22(27)26-23(30-20)24-21(25-26)17-7-5-6-15(3)10-17/h5-12,14H,13H2,1-4H3. The summed E-state index contributed by atoms with van der Waals surface area (Å²) in [6, 6.07) is 13.6. The minimum atomic E-state index is -0.180. The van der Waals surface area contributed by atoms with Crippen LogP contribution in [0.15, 0.2) is 47.3 Å². The molecule has 4 rings (SSSR count). The van der Waals surface area contributed by atoms with E-state index >= 15 is 0 Å². The van der Waals surface area contributed by atoms with Gasteiger partial charge in [-0.3, -0.25) is 4.79 Å². The zero-order valence-corrected chi connectivity index (χ0v) is 18.2. The molecular weight excluding hydrogens is 398 g/mol. The normalized spacial score (nSPS) is 12.1. The molecule has 0 saturated heterocycles. The highest BCUT2D eigenvalue weighted by Gasteiger charge is 2.12. The van der Waals surface area contributed by atoms with Crippen molar-refractivity contribution >= 4 is 22.4 Å². The van der Waals surface area contributed by atoms with Crippen LogP contribution < -0.4 is 19.6 Å². The molecule has 0 saturated carbocycles. The number of fused-ring (bicyclic) bond motifs is 1. The SMILES string of the molecule is COc1cc(C=c2sc3nc(-c4cccc(C)c4)nn3c2=O)ccc1OCC(C)C. The maximum atomic E-state index is 12.8. The van der Waals surface area contributed by atoms with Crippen LogP contribution in [-0.2, 0) is 0 Å². The van der Waals surface area contributed by atoms with Crippen LogP contribution in [0.3, 0.4) is 0 Å². The van der Waals surface area contributed by atoms with Gasteiger partial charge in [-0.05, 0) is 42.7 Å². The number of benzene rings is 2. The fourth-order valence-electron chi connectivity index (χ4n) is 3.04. The van der Waals surface area contributed by atoms with Gasteiger partial charge in [0.25, 0.3) is 5.56 Å². The Labute approximate surface area is 178 Å². The van der Waals surface area contributed by atoms with Crippen LogP contribution in [0, 0.1) is 12.8 Å². The Morgan fingerprint density at radius 2 is 2.00 bits per heavy atom. The molecule has 0 spiro atoms. The summed E-state index contributed by atoms with van der Waals surface area (Å²) < 4.78 is 13.2. The summed E-state index contributed by atoms with van der Waals surface area (Å²) in [4.78, 5) is 17.9. The molecule has 0 aliphatic heterocycles. The van der Waals surface area contributed by atoms with Gasteiger partial charge in [-0.1, -0.05) is 55.0 Å². The highest BCUT2D eigenvalue weighted by atomic mass is 32.1. The van der Waals surface area contributed by atoms with Crippen molar-refractivity contribution in [3.05, 3.63) is 68.5 Å². The van der Waals surface area contributed by atoms with Crippen LogP contribution >= 0.6 is 11.3 Å². The van der Waals surface area contributed by atoms with Gasteiger partial charge in [-0.15, -0.1) is 5.10 Å². The van der Waals surface area contributed by atoms with Crippen molar-refractivity contribution in [3.63, 3.8) is 0 Å². The summed E-state index contributed by atoms with van der Waals surface area (Å²) in [5, 5.41) is 4.41. The van der Waals surface area contributed by atoms with Crippen LogP contribution in [0.4, 0.5) is 0 Å². The molecule has 7 heteroatoms. The Morgan fingerprint density at radius 1 is 1.17 bits per heavy atom. The van der Waals surface area contributed by atoms with Crippen molar-refractivity contribution in [1.82, 2.24) is 14.6 Å². The van der Waals surface area contributed by atoms with Crippen molar-refractivity contribution in [2.24, 2.45) is 5.92 Å². The number of hydrogen-bond donors (Lipinski definition) is 0. The summed E-state index contributed by atoms with van der Waals surface area (Å²) in [6.45, 7) is 6.81. The first-order chi connectivity index (χ1) is 14.4. The Kier molecular flexibility index (Phi) is 5.55. The van der Waals surface area contributed by atoms with Crippen LogP contribution in [0.1, 0.15) is 25.0 Å². The fourth-order valence-corrected chi connectivity index (χ4v) is 3.95. The van der Waals surface area contributed by atoms with E-state index in [1.165, 1.54) is 15.9 Å². The second-order valence-electron chi connectivity index (χ2n) is 7.53. The molecule has 0 radical (unpaired) electrons. The third kappa shape index (κ3) is 4.07. The quantitative estimate of drug-likeness (QED) is 0.475. The van der Waals surface area contributed by atoms with Crippen LogP contribution in [0.5, 0.6) is 11.5 Å². The first-order valence-electron chi connectivity index (χ1n) is 9.74.